The van der Waals surface area contributed by atoms with Gasteiger partial charge in [-0.25, -0.2) is 8.42 Å². The minimum Gasteiger partial charge on any atom is -0.456 e. The zero-order valence-corrected chi connectivity index (χ0v) is 16.3. The van der Waals surface area contributed by atoms with Crippen LogP contribution in [-0.2, 0) is 10.0 Å². The molecular weight excluding hydrogens is 362 g/mol. The van der Waals surface area contributed by atoms with Gasteiger partial charge in [0.05, 0.1) is 0 Å². The maximum absolute atomic E-state index is 13.3. The number of aryl methyl sites for hydroxylation is 2. The fourth-order valence-corrected chi connectivity index (χ4v) is 5.05. The van der Waals surface area contributed by atoms with Crippen molar-refractivity contribution in [3.05, 3.63) is 53.7 Å². The van der Waals surface area contributed by atoms with Gasteiger partial charge in [-0.1, -0.05) is 6.07 Å². The van der Waals surface area contributed by atoms with Gasteiger partial charge in [-0.05, 0) is 55.3 Å². The molecule has 7 heteroatoms. The molecule has 0 unspecified atom stereocenters. The lowest BCUT2D eigenvalue weighted by Crippen LogP contribution is -2.46. The number of H-pyrrole nitrogens is 1. The highest BCUT2D eigenvalue weighted by Gasteiger charge is 2.29. The molecule has 0 spiro atoms. The summed E-state index contributed by atoms with van der Waals surface area (Å²) in [5.41, 5.74) is 2.91. The van der Waals surface area contributed by atoms with Crippen molar-refractivity contribution in [2.75, 3.05) is 26.2 Å². The predicted molar refractivity (Wildman–Crippen MR) is 106 cm³/mol. The van der Waals surface area contributed by atoms with Crippen molar-refractivity contribution in [3.63, 3.8) is 0 Å². The minimum absolute atomic E-state index is 0.193. The zero-order chi connectivity index (χ0) is 19.0. The van der Waals surface area contributed by atoms with Crippen LogP contribution >= 0.6 is 0 Å². The lowest BCUT2D eigenvalue weighted by atomic mass is 10.1. The Morgan fingerprint density at radius 1 is 1.00 bits per heavy atom. The van der Waals surface area contributed by atoms with E-state index in [2.05, 4.69) is 16.4 Å². The second kappa shape index (κ2) is 6.99. The van der Waals surface area contributed by atoms with Crippen LogP contribution in [0.2, 0.25) is 0 Å². The van der Waals surface area contributed by atoms with Gasteiger partial charge in [0.2, 0.25) is 10.0 Å². The SMILES string of the molecule is Cc1cc(C)cc(Oc2cc3cc[nH]c3cc2S(=O)(=O)N2CCNCC2)c1. The van der Waals surface area contributed by atoms with E-state index in [1.54, 1.807) is 18.3 Å². The molecule has 1 aliphatic heterocycles. The van der Waals surface area contributed by atoms with E-state index in [0.29, 0.717) is 37.7 Å². The number of hydrogen-bond acceptors (Lipinski definition) is 4. The highest BCUT2D eigenvalue weighted by Crippen LogP contribution is 2.35. The van der Waals surface area contributed by atoms with Gasteiger partial charge in [-0.15, -0.1) is 0 Å². The molecule has 6 nitrogen and oxygen atoms in total. The van der Waals surface area contributed by atoms with E-state index < -0.39 is 10.0 Å². The average Bonchev–Trinajstić information content (AvgIpc) is 3.08. The number of nitrogens with one attached hydrogen (secondary N) is 2. The van der Waals surface area contributed by atoms with Gasteiger partial charge in [-0.3, -0.25) is 0 Å². The first-order valence-electron chi connectivity index (χ1n) is 9.02. The molecular formula is C20H23N3O3S. The second-order valence-corrected chi connectivity index (χ2v) is 8.85. The molecule has 2 aromatic carbocycles. The number of hydrogen-bond donors (Lipinski definition) is 2. The number of sulfonamides is 1. The Balaban J connectivity index is 1.82. The van der Waals surface area contributed by atoms with Crippen LogP contribution in [0.4, 0.5) is 0 Å². The standard InChI is InChI=1S/C20H23N3O3S/c1-14-9-15(2)11-17(10-14)26-19-12-16-3-4-22-18(16)13-20(19)27(24,25)23-7-5-21-6-8-23/h3-4,9-13,21-22H,5-8H2,1-2H3. The van der Waals surface area contributed by atoms with E-state index >= 15 is 0 Å². The van der Waals surface area contributed by atoms with Crippen LogP contribution in [0.25, 0.3) is 10.9 Å². The molecule has 142 valence electrons. The molecule has 27 heavy (non-hydrogen) atoms. The number of benzene rings is 2. The van der Waals surface area contributed by atoms with Crippen molar-refractivity contribution < 1.29 is 13.2 Å². The van der Waals surface area contributed by atoms with E-state index in [4.69, 9.17) is 4.74 Å². The first-order chi connectivity index (χ1) is 12.9. The zero-order valence-electron chi connectivity index (χ0n) is 15.5. The van der Waals surface area contributed by atoms with Crippen LogP contribution in [0.1, 0.15) is 11.1 Å². The number of aromatic nitrogens is 1. The van der Waals surface area contributed by atoms with Gasteiger partial charge in [0.1, 0.15) is 16.4 Å². The van der Waals surface area contributed by atoms with Crippen LogP contribution < -0.4 is 10.1 Å². The van der Waals surface area contributed by atoms with Gasteiger partial charge >= 0.3 is 0 Å². The average molecular weight is 385 g/mol. The summed E-state index contributed by atoms with van der Waals surface area (Å²) in [6, 6.07) is 11.2. The molecule has 3 aromatic rings. The smallest absolute Gasteiger partial charge is 0.246 e. The minimum atomic E-state index is -3.65. The first kappa shape index (κ1) is 18.0. The van der Waals surface area contributed by atoms with Crippen molar-refractivity contribution >= 4 is 20.9 Å². The summed E-state index contributed by atoms with van der Waals surface area (Å²) in [5.74, 6) is 0.991. The molecule has 0 atom stereocenters. The number of ether oxygens (including phenoxy) is 1. The first-order valence-corrected chi connectivity index (χ1v) is 10.5. The molecule has 0 saturated carbocycles. The summed E-state index contributed by atoms with van der Waals surface area (Å²) in [4.78, 5) is 3.29. The molecule has 1 saturated heterocycles. The van der Waals surface area contributed by atoms with E-state index in [1.165, 1.54) is 4.31 Å². The predicted octanol–water partition coefficient (Wildman–Crippen LogP) is 3.17. The third-order valence-electron chi connectivity index (χ3n) is 4.73. The summed E-state index contributed by atoms with van der Waals surface area (Å²) in [6.07, 6.45) is 1.80. The second-order valence-electron chi connectivity index (χ2n) is 6.94. The Bertz CT molecular complexity index is 1060. The largest absolute Gasteiger partial charge is 0.456 e. The van der Waals surface area contributed by atoms with Crippen molar-refractivity contribution in [2.45, 2.75) is 18.7 Å². The quantitative estimate of drug-likeness (QED) is 0.723. The number of piperazine rings is 1. The summed E-state index contributed by atoms with van der Waals surface area (Å²) < 4.78 is 34.2. The number of nitrogens with zero attached hydrogens (tertiary/aromatic N) is 1. The van der Waals surface area contributed by atoms with Crippen molar-refractivity contribution in [2.24, 2.45) is 0 Å². The van der Waals surface area contributed by atoms with Crippen LogP contribution in [0.3, 0.4) is 0 Å². The molecule has 0 bridgehead atoms. The Morgan fingerprint density at radius 2 is 1.70 bits per heavy atom. The van der Waals surface area contributed by atoms with Gasteiger partial charge in [0.15, 0.2) is 0 Å². The van der Waals surface area contributed by atoms with Gasteiger partial charge in [0, 0.05) is 43.3 Å². The highest BCUT2D eigenvalue weighted by molar-refractivity contribution is 7.89. The highest BCUT2D eigenvalue weighted by atomic mass is 32.2. The maximum atomic E-state index is 13.3. The normalized spacial score (nSPS) is 15.9. The summed E-state index contributed by atoms with van der Waals surface area (Å²) in [6.45, 7) is 6.19. The van der Waals surface area contributed by atoms with Crippen molar-refractivity contribution in [1.29, 1.82) is 0 Å². The van der Waals surface area contributed by atoms with Gasteiger partial charge in [-0.2, -0.15) is 4.31 Å². The monoisotopic (exact) mass is 385 g/mol. The van der Waals surface area contributed by atoms with Gasteiger partial charge < -0.3 is 15.0 Å². The summed E-state index contributed by atoms with van der Waals surface area (Å²) in [5, 5.41) is 4.10. The molecule has 0 aliphatic carbocycles. The Kier molecular flexibility index (Phi) is 4.67. The van der Waals surface area contributed by atoms with Crippen molar-refractivity contribution in [3.8, 4) is 11.5 Å². The number of rotatable bonds is 4. The lowest BCUT2D eigenvalue weighted by Gasteiger charge is -2.27. The molecule has 0 radical (unpaired) electrons. The van der Waals surface area contributed by atoms with E-state index in [0.717, 1.165) is 22.0 Å². The van der Waals surface area contributed by atoms with Gasteiger partial charge in [0.25, 0.3) is 0 Å². The molecule has 1 aromatic heterocycles. The van der Waals surface area contributed by atoms with E-state index in [1.807, 2.05) is 32.0 Å². The fourth-order valence-electron chi connectivity index (χ4n) is 3.48. The Morgan fingerprint density at radius 3 is 2.41 bits per heavy atom. The lowest BCUT2D eigenvalue weighted by molar-refractivity contribution is 0.358. The van der Waals surface area contributed by atoms with E-state index in [9.17, 15) is 8.42 Å². The fraction of sp³-hybridized carbons (Fsp3) is 0.300. The van der Waals surface area contributed by atoms with Crippen LogP contribution in [0.15, 0.2) is 47.5 Å². The maximum Gasteiger partial charge on any atom is 0.246 e. The number of aromatic amines is 1. The number of fused-ring (bicyclic) bond motifs is 1. The Labute approximate surface area is 159 Å². The molecule has 1 aliphatic rings. The molecule has 0 amide bonds. The molecule has 4 rings (SSSR count). The van der Waals surface area contributed by atoms with E-state index in [-0.39, 0.29) is 4.90 Å². The third-order valence-corrected chi connectivity index (χ3v) is 6.65. The topological polar surface area (TPSA) is 74.4 Å². The molecule has 1 fully saturated rings. The van der Waals surface area contributed by atoms with Crippen LogP contribution in [0.5, 0.6) is 11.5 Å². The van der Waals surface area contributed by atoms with Crippen LogP contribution in [0, 0.1) is 13.8 Å². The van der Waals surface area contributed by atoms with Crippen LogP contribution in [-0.4, -0.2) is 43.9 Å². The Hall–Kier alpha value is -2.35. The van der Waals surface area contributed by atoms with Crippen molar-refractivity contribution in [1.82, 2.24) is 14.6 Å². The molecule has 2 N–H and O–H groups in total. The third kappa shape index (κ3) is 3.58. The summed E-state index contributed by atoms with van der Waals surface area (Å²) >= 11 is 0. The summed E-state index contributed by atoms with van der Waals surface area (Å²) in [7, 11) is -3.65. The molecule has 2 heterocycles.